The van der Waals surface area contributed by atoms with Crippen LogP contribution in [0.2, 0.25) is 0 Å². The Morgan fingerprint density at radius 2 is 1.18 bits per heavy atom. The average molecular weight is 489 g/mol. The smallest absolute Gasteiger partial charge is 0.200 e. The second-order valence-corrected chi connectivity index (χ2v) is 12.4. The third kappa shape index (κ3) is 5.21. The number of aromatic hydroxyl groups is 1. The Kier molecular flexibility index (Phi) is 7.95. The third-order valence-corrected chi connectivity index (χ3v) is 8.19. The fourth-order valence-corrected chi connectivity index (χ4v) is 5.90. The van der Waals surface area contributed by atoms with E-state index in [2.05, 4.69) is 0 Å². The van der Waals surface area contributed by atoms with Gasteiger partial charge in [-0.3, -0.25) is 0 Å². The van der Waals surface area contributed by atoms with Crippen molar-refractivity contribution in [1.82, 2.24) is 0 Å². The van der Waals surface area contributed by atoms with Crippen molar-refractivity contribution in [3.8, 4) is 5.75 Å². The average Bonchev–Trinajstić information content (AvgIpc) is 2.71. The van der Waals surface area contributed by atoms with Crippen molar-refractivity contribution in [2.45, 2.75) is 90.6 Å². The van der Waals surface area contributed by atoms with Gasteiger partial charge in [-0.25, -0.2) is 22.0 Å². The van der Waals surface area contributed by atoms with E-state index in [0.29, 0.717) is 30.4 Å². The molecule has 0 heterocycles. The summed E-state index contributed by atoms with van der Waals surface area (Å²) in [6, 6.07) is 3.77. The summed E-state index contributed by atoms with van der Waals surface area (Å²) in [4.78, 5) is 0. The number of rotatable bonds is 6. The zero-order chi connectivity index (χ0) is 25.5. The largest absolute Gasteiger partial charge is 0.507 e. The zero-order valence-electron chi connectivity index (χ0n) is 20.6. The van der Waals surface area contributed by atoms with Crippen LogP contribution in [-0.4, -0.2) is 5.11 Å². The standard InChI is InChI=1S/C26H34F5OP/c1-9-11-26(10-2,33-23-20(30)18(28)17(27)19(29)21(23)31)16-13-14(24(3,4)5)12-15(22(16)32)25(6,7)8/h12-13,32-33H,9-11H2,1-8H3. The van der Waals surface area contributed by atoms with Crippen LogP contribution in [0.25, 0.3) is 0 Å². The van der Waals surface area contributed by atoms with Crippen molar-refractivity contribution in [2.75, 3.05) is 0 Å². The fourth-order valence-electron chi connectivity index (χ4n) is 4.10. The van der Waals surface area contributed by atoms with Gasteiger partial charge in [0.2, 0.25) is 5.82 Å². The molecule has 0 amide bonds. The van der Waals surface area contributed by atoms with Crippen LogP contribution >= 0.6 is 8.58 Å². The SMILES string of the molecule is CCCC(CC)(Pc1c(F)c(F)c(F)c(F)c1F)c1cc(C(C)(C)C)cc(C(C)(C)C)c1O. The Balaban J connectivity index is 2.92. The van der Waals surface area contributed by atoms with Gasteiger partial charge in [0.1, 0.15) is 5.75 Å². The van der Waals surface area contributed by atoms with E-state index in [1.165, 1.54) is 0 Å². The maximum Gasteiger partial charge on any atom is 0.200 e. The molecule has 0 aliphatic carbocycles. The quantitative estimate of drug-likeness (QED) is 0.189. The molecular weight excluding hydrogens is 454 g/mol. The molecule has 0 fully saturated rings. The summed E-state index contributed by atoms with van der Waals surface area (Å²) in [7, 11) is -0.764. The summed E-state index contributed by atoms with van der Waals surface area (Å²) in [5.41, 5.74) is 1.38. The Morgan fingerprint density at radius 3 is 1.58 bits per heavy atom. The second-order valence-electron chi connectivity index (χ2n) is 10.7. The van der Waals surface area contributed by atoms with Crippen molar-refractivity contribution in [3.63, 3.8) is 0 Å². The van der Waals surface area contributed by atoms with E-state index in [0.717, 1.165) is 5.56 Å². The van der Waals surface area contributed by atoms with Gasteiger partial charge in [0.25, 0.3) is 0 Å². The van der Waals surface area contributed by atoms with Crippen LogP contribution < -0.4 is 5.30 Å². The molecule has 7 heteroatoms. The second kappa shape index (κ2) is 9.52. The van der Waals surface area contributed by atoms with Crippen LogP contribution in [0.5, 0.6) is 5.75 Å². The van der Waals surface area contributed by atoms with Gasteiger partial charge in [-0.1, -0.05) is 82.5 Å². The first kappa shape index (κ1) is 27.6. The predicted octanol–water partition coefficient (Wildman–Crippen LogP) is 8.09. The topological polar surface area (TPSA) is 20.2 Å². The van der Waals surface area contributed by atoms with Crippen LogP contribution in [0, 0.1) is 29.1 Å². The highest BCUT2D eigenvalue weighted by Crippen LogP contribution is 2.54. The summed E-state index contributed by atoms with van der Waals surface area (Å²) >= 11 is 0. The van der Waals surface area contributed by atoms with E-state index in [-0.39, 0.29) is 11.2 Å². The van der Waals surface area contributed by atoms with Gasteiger partial charge in [-0.15, -0.1) is 0 Å². The van der Waals surface area contributed by atoms with Crippen molar-refractivity contribution in [1.29, 1.82) is 0 Å². The maximum atomic E-state index is 14.7. The number of hydrogen-bond acceptors (Lipinski definition) is 1. The van der Waals surface area contributed by atoms with Gasteiger partial charge in [0.05, 0.1) is 5.30 Å². The third-order valence-electron chi connectivity index (χ3n) is 6.15. The first-order valence-corrected chi connectivity index (χ1v) is 12.2. The molecule has 0 saturated heterocycles. The van der Waals surface area contributed by atoms with Gasteiger partial charge >= 0.3 is 0 Å². The molecule has 0 aliphatic heterocycles. The fraction of sp³-hybridized carbons (Fsp3) is 0.538. The molecule has 1 N–H and O–H groups in total. The van der Waals surface area contributed by atoms with Crippen LogP contribution in [0.3, 0.4) is 0 Å². The maximum absolute atomic E-state index is 14.7. The van der Waals surface area contributed by atoms with Crippen LogP contribution in [-0.2, 0) is 16.0 Å². The molecule has 0 radical (unpaired) electrons. The number of benzene rings is 2. The minimum atomic E-state index is -2.16. The lowest BCUT2D eigenvalue weighted by molar-refractivity contribution is 0.383. The first-order chi connectivity index (χ1) is 15.0. The Hall–Kier alpha value is -1.68. The Bertz CT molecular complexity index is 1010. The van der Waals surface area contributed by atoms with Crippen molar-refractivity contribution in [2.24, 2.45) is 0 Å². The molecule has 0 spiro atoms. The molecule has 2 atom stereocenters. The molecule has 2 unspecified atom stereocenters. The lowest BCUT2D eigenvalue weighted by Gasteiger charge is -2.37. The molecule has 2 aromatic carbocycles. The molecule has 33 heavy (non-hydrogen) atoms. The highest BCUT2D eigenvalue weighted by atomic mass is 31.1. The number of phenolic OH excluding ortho intramolecular Hbond substituents is 1. The molecule has 184 valence electrons. The summed E-state index contributed by atoms with van der Waals surface area (Å²) < 4.78 is 71.0. The molecule has 1 nitrogen and oxygen atoms in total. The van der Waals surface area contributed by atoms with Gasteiger partial charge in [0, 0.05) is 10.7 Å². The van der Waals surface area contributed by atoms with Crippen LogP contribution in [0.1, 0.15) is 91.3 Å². The highest BCUT2D eigenvalue weighted by Gasteiger charge is 2.39. The first-order valence-electron chi connectivity index (χ1n) is 11.2. The molecule has 0 bridgehead atoms. The van der Waals surface area contributed by atoms with E-state index >= 15 is 0 Å². The van der Waals surface area contributed by atoms with E-state index in [1.54, 1.807) is 0 Å². The Labute approximate surface area is 195 Å². The molecular formula is C26H34F5OP. The summed E-state index contributed by atoms with van der Waals surface area (Å²) in [5, 5.41) is 9.57. The van der Waals surface area contributed by atoms with E-state index < -0.39 is 53.5 Å². The van der Waals surface area contributed by atoms with Crippen LogP contribution in [0.4, 0.5) is 22.0 Å². The minimum absolute atomic E-state index is 0.0159. The van der Waals surface area contributed by atoms with Gasteiger partial charge < -0.3 is 5.11 Å². The van der Waals surface area contributed by atoms with Crippen LogP contribution in [0.15, 0.2) is 12.1 Å². The lowest BCUT2D eigenvalue weighted by Crippen LogP contribution is -2.28. The van der Waals surface area contributed by atoms with E-state index in [4.69, 9.17) is 0 Å². The normalized spacial score (nSPS) is 14.8. The lowest BCUT2D eigenvalue weighted by atomic mass is 9.76. The van der Waals surface area contributed by atoms with E-state index in [9.17, 15) is 27.1 Å². The zero-order valence-corrected chi connectivity index (χ0v) is 21.6. The molecule has 0 aliphatic rings. The molecule has 2 aromatic rings. The molecule has 0 aromatic heterocycles. The number of phenols is 1. The summed E-state index contributed by atoms with van der Waals surface area (Å²) in [6.07, 6.45) is 1.36. The van der Waals surface area contributed by atoms with E-state index in [1.807, 2.05) is 67.5 Å². The highest BCUT2D eigenvalue weighted by molar-refractivity contribution is 7.48. The van der Waals surface area contributed by atoms with Crippen molar-refractivity contribution >= 4 is 13.9 Å². The monoisotopic (exact) mass is 488 g/mol. The summed E-state index contributed by atoms with van der Waals surface area (Å²) in [5.74, 6) is -9.64. The Morgan fingerprint density at radius 1 is 0.727 bits per heavy atom. The number of halogens is 5. The van der Waals surface area contributed by atoms with Gasteiger partial charge in [0.15, 0.2) is 23.3 Å². The number of hydrogen-bond donors (Lipinski definition) is 1. The predicted molar refractivity (Wildman–Crippen MR) is 127 cm³/mol. The van der Waals surface area contributed by atoms with Crippen molar-refractivity contribution in [3.05, 3.63) is 57.9 Å². The van der Waals surface area contributed by atoms with Gasteiger partial charge in [-0.05, 0) is 34.8 Å². The van der Waals surface area contributed by atoms with Crippen molar-refractivity contribution < 1.29 is 27.1 Å². The minimum Gasteiger partial charge on any atom is -0.507 e. The molecule has 2 rings (SSSR count). The molecule has 0 saturated carbocycles. The summed E-state index contributed by atoms with van der Waals surface area (Å²) in [6.45, 7) is 15.6. The van der Waals surface area contributed by atoms with Gasteiger partial charge in [-0.2, -0.15) is 0 Å².